The number of Topliss-reactive ketones (excluding diaryl/α,β-unsaturated/α-hetero) is 1. The summed E-state index contributed by atoms with van der Waals surface area (Å²) < 4.78 is 0. The molecule has 2 saturated heterocycles. The first-order valence-corrected chi connectivity index (χ1v) is 11.7. The van der Waals surface area contributed by atoms with Gasteiger partial charge in [0.05, 0.1) is 0 Å². The van der Waals surface area contributed by atoms with Gasteiger partial charge >= 0.3 is 0 Å². The lowest BCUT2D eigenvalue weighted by Crippen LogP contribution is -2.56. The zero-order chi connectivity index (χ0) is 20.7. The summed E-state index contributed by atoms with van der Waals surface area (Å²) in [6, 6.07) is 1.72. The first-order chi connectivity index (χ1) is 13.8. The van der Waals surface area contributed by atoms with Crippen molar-refractivity contribution in [1.29, 1.82) is 0 Å². The van der Waals surface area contributed by atoms with E-state index in [1.54, 1.807) is 0 Å². The average Bonchev–Trinajstić information content (AvgIpc) is 2.96. The molecule has 0 aromatic carbocycles. The smallest absolute Gasteiger partial charge is 0.226 e. The van der Waals surface area contributed by atoms with Crippen LogP contribution in [0.5, 0.6) is 0 Å². The number of carbonyl (C=O) groups is 1. The molecule has 5 nitrogen and oxygen atoms in total. The zero-order valence-corrected chi connectivity index (χ0v) is 18.9. The molecular weight excluding hydrogens is 360 g/mol. The molecule has 29 heavy (non-hydrogen) atoms. The molecule has 1 aromatic heterocycles. The van der Waals surface area contributed by atoms with Crippen LogP contribution in [0, 0.1) is 18.8 Å². The largest absolute Gasteiger partial charge is 0.332 e. The SMILES string of the molecule is Cc1nc(N2C3CCC2CN(C(C)C)C3)ncc1C1CCC(C(=O)C(C)C)CC1. The van der Waals surface area contributed by atoms with E-state index in [9.17, 15) is 4.79 Å². The van der Waals surface area contributed by atoms with Crippen LogP contribution in [0.1, 0.15) is 83.4 Å². The number of hydrogen-bond acceptors (Lipinski definition) is 5. The van der Waals surface area contributed by atoms with Crippen LogP contribution in [-0.4, -0.2) is 51.9 Å². The second-order valence-electron chi connectivity index (χ2n) is 10.2. The van der Waals surface area contributed by atoms with Crippen LogP contribution < -0.4 is 4.90 Å². The molecule has 2 unspecified atom stereocenters. The number of piperazine rings is 1. The van der Waals surface area contributed by atoms with Gasteiger partial charge in [-0.05, 0) is 70.8 Å². The van der Waals surface area contributed by atoms with Gasteiger partial charge < -0.3 is 4.90 Å². The third-order valence-electron chi connectivity index (χ3n) is 7.61. The fourth-order valence-electron chi connectivity index (χ4n) is 5.83. The van der Waals surface area contributed by atoms with Crippen LogP contribution in [-0.2, 0) is 4.79 Å². The Kier molecular flexibility index (Phi) is 5.97. The highest BCUT2D eigenvalue weighted by Gasteiger charge is 2.42. The van der Waals surface area contributed by atoms with Crippen LogP contribution in [0.4, 0.5) is 5.95 Å². The number of hydrogen-bond donors (Lipinski definition) is 0. The Labute approximate surface area is 176 Å². The molecule has 3 heterocycles. The van der Waals surface area contributed by atoms with Crippen molar-refractivity contribution in [3.05, 3.63) is 17.5 Å². The number of fused-ring (bicyclic) bond motifs is 2. The maximum atomic E-state index is 12.3. The standard InChI is InChI=1S/C24H38N4O/c1-15(2)23(29)19-8-6-18(7-9-19)22-12-25-24(26-17(22)5)28-20-10-11-21(28)14-27(13-20)16(3)4/h12,15-16,18-21H,6-11,13-14H2,1-5H3. The molecule has 1 saturated carbocycles. The Morgan fingerprint density at radius 3 is 2.14 bits per heavy atom. The highest BCUT2D eigenvalue weighted by Crippen LogP contribution is 2.39. The highest BCUT2D eigenvalue weighted by molar-refractivity contribution is 5.82. The number of aryl methyl sites for hydroxylation is 1. The van der Waals surface area contributed by atoms with Gasteiger partial charge in [0.25, 0.3) is 0 Å². The minimum absolute atomic E-state index is 0.160. The predicted octanol–water partition coefficient (Wildman–Crippen LogP) is 4.35. The normalized spacial score (nSPS) is 30.4. The van der Waals surface area contributed by atoms with Crippen LogP contribution in [0.3, 0.4) is 0 Å². The lowest BCUT2D eigenvalue weighted by atomic mass is 9.75. The zero-order valence-electron chi connectivity index (χ0n) is 18.9. The number of carbonyl (C=O) groups excluding carboxylic acids is 1. The number of anilines is 1. The van der Waals surface area contributed by atoms with E-state index in [-0.39, 0.29) is 11.8 Å². The second kappa shape index (κ2) is 8.33. The Morgan fingerprint density at radius 2 is 1.62 bits per heavy atom. The third kappa shape index (κ3) is 4.08. The van der Waals surface area contributed by atoms with Crippen LogP contribution in [0.2, 0.25) is 0 Å². The summed E-state index contributed by atoms with van der Waals surface area (Å²) in [7, 11) is 0. The van der Waals surface area contributed by atoms with Gasteiger partial charge in [0.15, 0.2) is 0 Å². The summed E-state index contributed by atoms with van der Waals surface area (Å²) in [5.41, 5.74) is 2.44. The van der Waals surface area contributed by atoms with Gasteiger partial charge in [-0.25, -0.2) is 9.97 Å². The monoisotopic (exact) mass is 398 g/mol. The number of likely N-dealkylation sites (tertiary alicyclic amines) is 1. The Balaban J connectivity index is 1.44. The van der Waals surface area contributed by atoms with Crippen molar-refractivity contribution in [2.45, 2.75) is 97.2 Å². The van der Waals surface area contributed by atoms with Crippen LogP contribution in [0.15, 0.2) is 6.20 Å². The Bertz CT molecular complexity index is 724. The number of aromatic nitrogens is 2. The lowest BCUT2D eigenvalue weighted by Gasteiger charge is -2.43. The van der Waals surface area contributed by atoms with Crippen LogP contribution >= 0.6 is 0 Å². The molecule has 5 heteroatoms. The minimum atomic E-state index is 0.160. The molecule has 0 radical (unpaired) electrons. The van der Waals surface area contributed by atoms with Crippen molar-refractivity contribution < 1.29 is 4.79 Å². The summed E-state index contributed by atoms with van der Waals surface area (Å²) in [4.78, 5) is 27.3. The third-order valence-corrected chi connectivity index (χ3v) is 7.61. The van der Waals surface area contributed by atoms with Gasteiger partial charge in [0.1, 0.15) is 5.78 Å². The molecule has 2 aliphatic heterocycles. The molecule has 1 aromatic rings. The van der Waals surface area contributed by atoms with E-state index in [1.807, 2.05) is 13.8 Å². The highest BCUT2D eigenvalue weighted by atomic mass is 16.1. The predicted molar refractivity (Wildman–Crippen MR) is 117 cm³/mol. The molecular formula is C24H38N4O. The van der Waals surface area contributed by atoms with E-state index in [2.05, 4.69) is 36.8 Å². The van der Waals surface area contributed by atoms with Crippen molar-refractivity contribution in [2.24, 2.45) is 11.8 Å². The minimum Gasteiger partial charge on any atom is -0.332 e. The molecule has 4 rings (SSSR count). The molecule has 0 amide bonds. The fourth-order valence-corrected chi connectivity index (χ4v) is 5.83. The summed E-state index contributed by atoms with van der Waals surface area (Å²) >= 11 is 0. The summed E-state index contributed by atoms with van der Waals surface area (Å²) in [5, 5.41) is 0. The molecule has 1 aliphatic carbocycles. The maximum absolute atomic E-state index is 12.3. The van der Waals surface area contributed by atoms with Crippen molar-refractivity contribution >= 4 is 11.7 Å². The first kappa shape index (κ1) is 20.8. The molecule has 160 valence electrons. The van der Waals surface area contributed by atoms with Gasteiger partial charge in [-0.2, -0.15) is 0 Å². The van der Waals surface area contributed by atoms with Crippen LogP contribution in [0.25, 0.3) is 0 Å². The van der Waals surface area contributed by atoms with Gasteiger partial charge in [0, 0.05) is 54.9 Å². The molecule has 0 N–H and O–H groups in total. The van der Waals surface area contributed by atoms with Gasteiger partial charge in [-0.1, -0.05) is 13.8 Å². The maximum Gasteiger partial charge on any atom is 0.226 e. The molecule has 2 atom stereocenters. The molecule has 0 spiro atoms. The summed E-state index contributed by atoms with van der Waals surface area (Å²) in [5.74, 6) is 2.32. The van der Waals surface area contributed by atoms with E-state index < -0.39 is 0 Å². The average molecular weight is 399 g/mol. The van der Waals surface area contributed by atoms with Gasteiger partial charge in [-0.3, -0.25) is 9.69 Å². The van der Waals surface area contributed by atoms with E-state index in [0.29, 0.717) is 29.8 Å². The van der Waals surface area contributed by atoms with Gasteiger partial charge in [0.2, 0.25) is 5.95 Å². The van der Waals surface area contributed by atoms with E-state index in [4.69, 9.17) is 9.97 Å². The van der Waals surface area contributed by atoms with Crippen molar-refractivity contribution in [3.63, 3.8) is 0 Å². The van der Waals surface area contributed by atoms with E-state index >= 15 is 0 Å². The topological polar surface area (TPSA) is 49.3 Å². The molecule has 2 bridgehead atoms. The summed E-state index contributed by atoms with van der Waals surface area (Å²) in [6.45, 7) is 13.1. The quantitative estimate of drug-likeness (QED) is 0.738. The Morgan fingerprint density at radius 1 is 1.00 bits per heavy atom. The van der Waals surface area contributed by atoms with E-state index in [1.165, 1.54) is 18.4 Å². The number of ketones is 1. The number of rotatable bonds is 5. The van der Waals surface area contributed by atoms with Gasteiger partial charge in [-0.15, -0.1) is 0 Å². The summed E-state index contributed by atoms with van der Waals surface area (Å²) in [6.07, 6.45) is 8.82. The first-order valence-electron chi connectivity index (χ1n) is 11.7. The lowest BCUT2D eigenvalue weighted by molar-refractivity contribution is -0.126. The Hall–Kier alpha value is -1.49. The fraction of sp³-hybridized carbons (Fsp3) is 0.792. The number of nitrogens with zero attached hydrogens (tertiary/aromatic N) is 4. The van der Waals surface area contributed by atoms with Crippen molar-refractivity contribution in [2.75, 3.05) is 18.0 Å². The van der Waals surface area contributed by atoms with Crippen molar-refractivity contribution in [3.8, 4) is 0 Å². The van der Waals surface area contributed by atoms with Crippen molar-refractivity contribution in [1.82, 2.24) is 14.9 Å². The molecule has 3 aliphatic rings. The van der Waals surface area contributed by atoms with E-state index in [0.717, 1.165) is 50.4 Å². The molecule has 3 fully saturated rings. The second-order valence-corrected chi connectivity index (χ2v) is 10.2.